The third-order valence-corrected chi connectivity index (χ3v) is 1.90. The number of hydrogen-bond acceptors (Lipinski definition) is 5. The monoisotopic (exact) mass is 246 g/mol. The molecule has 17 heavy (non-hydrogen) atoms. The van der Waals surface area contributed by atoms with E-state index in [2.05, 4.69) is 6.58 Å². The van der Waals surface area contributed by atoms with Crippen molar-refractivity contribution in [2.45, 2.75) is 19.8 Å². The first-order valence-corrected chi connectivity index (χ1v) is 5.83. The van der Waals surface area contributed by atoms with Gasteiger partial charge in [0.2, 0.25) is 0 Å². The molecule has 5 nitrogen and oxygen atoms in total. The third-order valence-electron chi connectivity index (χ3n) is 1.90. The minimum atomic E-state index is -0.408. The molecular weight excluding hydrogens is 224 g/mol. The highest BCUT2D eigenvalue weighted by molar-refractivity contribution is 5.87. The summed E-state index contributed by atoms with van der Waals surface area (Å²) in [6, 6.07) is 0. The Morgan fingerprint density at radius 2 is 1.88 bits per heavy atom. The van der Waals surface area contributed by atoms with Crippen molar-refractivity contribution in [1.29, 1.82) is 0 Å². The molecule has 100 valence electrons. The Balaban J connectivity index is 3.41. The van der Waals surface area contributed by atoms with Gasteiger partial charge in [-0.2, -0.15) is 0 Å². The number of carbonyl (C=O) groups is 1. The molecule has 0 aromatic heterocycles. The molecule has 0 amide bonds. The van der Waals surface area contributed by atoms with E-state index in [1.54, 1.807) is 0 Å². The maximum absolute atomic E-state index is 11.3. The van der Waals surface area contributed by atoms with Gasteiger partial charge < -0.3 is 19.3 Å². The van der Waals surface area contributed by atoms with E-state index in [0.717, 1.165) is 12.8 Å². The van der Waals surface area contributed by atoms with Crippen molar-refractivity contribution in [3.8, 4) is 0 Å². The maximum Gasteiger partial charge on any atom is 0.335 e. The Hall–Kier alpha value is -0.910. The predicted octanol–water partition coefficient (Wildman–Crippen LogP) is 0.911. The van der Waals surface area contributed by atoms with Gasteiger partial charge in [-0.3, -0.25) is 0 Å². The van der Waals surface area contributed by atoms with E-state index in [0.29, 0.717) is 32.0 Å². The number of esters is 1. The zero-order valence-electron chi connectivity index (χ0n) is 10.4. The molecule has 0 unspecified atom stereocenters. The van der Waals surface area contributed by atoms with E-state index < -0.39 is 5.97 Å². The number of aliphatic hydroxyl groups is 1. The predicted molar refractivity (Wildman–Crippen MR) is 63.7 cm³/mol. The van der Waals surface area contributed by atoms with Crippen molar-refractivity contribution in [3.05, 3.63) is 12.2 Å². The number of rotatable bonds is 11. The summed E-state index contributed by atoms with van der Waals surface area (Å²) in [6.45, 7) is 7.23. The van der Waals surface area contributed by atoms with Gasteiger partial charge in [-0.15, -0.1) is 0 Å². The molecule has 0 aromatic carbocycles. The average molecular weight is 246 g/mol. The Morgan fingerprint density at radius 1 is 1.18 bits per heavy atom. The van der Waals surface area contributed by atoms with E-state index in [9.17, 15) is 4.79 Å². The molecule has 1 N–H and O–H groups in total. The lowest BCUT2D eigenvalue weighted by molar-refractivity contribution is -0.139. The standard InChI is InChI=1S/C12H22O5/c1-3-4-6-17-12(14)11(2)10-16-9-8-15-7-5-13/h13H,2-10H2,1H3. The number of ether oxygens (including phenoxy) is 3. The maximum atomic E-state index is 11.3. The molecule has 0 rings (SSSR count). The molecule has 0 saturated carbocycles. The van der Waals surface area contributed by atoms with Gasteiger partial charge in [0.05, 0.1) is 45.2 Å². The first-order chi connectivity index (χ1) is 8.22. The lowest BCUT2D eigenvalue weighted by Crippen LogP contribution is -2.14. The van der Waals surface area contributed by atoms with Gasteiger partial charge in [0.1, 0.15) is 0 Å². The molecule has 0 atom stereocenters. The summed E-state index contributed by atoms with van der Waals surface area (Å²) >= 11 is 0. The van der Waals surface area contributed by atoms with Gasteiger partial charge in [0.15, 0.2) is 0 Å². The summed E-state index contributed by atoms with van der Waals surface area (Å²) in [5.74, 6) is -0.408. The number of unbranched alkanes of at least 4 members (excludes halogenated alkanes) is 1. The Labute approximate surface area is 102 Å². The van der Waals surface area contributed by atoms with Gasteiger partial charge in [0, 0.05) is 0 Å². The largest absolute Gasteiger partial charge is 0.462 e. The summed E-state index contributed by atoms with van der Waals surface area (Å²) in [4.78, 5) is 11.3. The molecule has 0 aliphatic heterocycles. The summed E-state index contributed by atoms with van der Waals surface area (Å²) < 4.78 is 15.1. The van der Waals surface area contributed by atoms with Crippen LogP contribution in [0.1, 0.15) is 19.8 Å². The summed E-state index contributed by atoms with van der Waals surface area (Å²) in [5, 5.41) is 8.45. The Bertz CT molecular complexity index is 215. The molecule has 0 bridgehead atoms. The van der Waals surface area contributed by atoms with Crippen molar-refractivity contribution in [3.63, 3.8) is 0 Å². The first-order valence-electron chi connectivity index (χ1n) is 5.83. The molecule has 0 aliphatic rings. The summed E-state index contributed by atoms with van der Waals surface area (Å²) in [6.07, 6.45) is 1.84. The van der Waals surface area contributed by atoms with Crippen LogP contribution in [0.2, 0.25) is 0 Å². The van der Waals surface area contributed by atoms with E-state index in [1.807, 2.05) is 6.92 Å². The molecule has 0 aliphatic carbocycles. The summed E-state index contributed by atoms with van der Waals surface area (Å²) in [7, 11) is 0. The van der Waals surface area contributed by atoms with E-state index >= 15 is 0 Å². The van der Waals surface area contributed by atoms with E-state index in [1.165, 1.54) is 0 Å². The van der Waals surface area contributed by atoms with Crippen molar-refractivity contribution in [2.75, 3.05) is 39.6 Å². The lowest BCUT2D eigenvalue weighted by Gasteiger charge is -2.07. The highest BCUT2D eigenvalue weighted by Crippen LogP contribution is 1.98. The molecule has 0 aromatic rings. The molecule has 0 saturated heterocycles. The minimum Gasteiger partial charge on any atom is -0.462 e. The van der Waals surface area contributed by atoms with Crippen LogP contribution in [-0.4, -0.2) is 50.7 Å². The second-order valence-corrected chi connectivity index (χ2v) is 3.48. The van der Waals surface area contributed by atoms with E-state index in [-0.39, 0.29) is 13.2 Å². The Kier molecular flexibility index (Phi) is 11.0. The molecule has 0 fully saturated rings. The molecule has 5 heteroatoms. The second kappa shape index (κ2) is 11.6. The van der Waals surface area contributed by atoms with Gasteiger partial charge in [-0.25, -0.2) is 4.79 Å². The first kappa shape index (κ1) is 16.1. The number of hydrogen-bond donors (Lipinski definition) is 1. The smallest absolute Gasteiger partial charge is 0.335 e. The van der Waals surface area contributed by atoms with E-state index in [4.69, 9.17) is 19.3 Å². The zero-order chi connectivity index (χ0) is 12.9. The molecular formula is C12H22O5. The van der Waals surface area contributed by atoms with Crippen LogP contribution in [0, 0.1) is 0 Å². The van der Waals surface area contributed by atoms with Gasteiger partial charge >= 0.3 is 5.97 Å². The zero-order valence-corrected chi connectivity index (χ0v) is 10.4. The van der Waals surface area contributed by atoms with Gasteiger partial charge in [0.25, 0.3) is 0 Å². The fourth-order valence-corrected chi connectivity index (χ4v) is 0.950. The normalized spacial score (nSPS) is 10.2. The number of aliphatic hydroxyl groups excluding tert-OH is 1. The molecule has 0 spiro atoms. The van der Waals surface area contributed by atoms with Crippen LogP contribution in [0.3, 0.4) is 0 Å². The highest BCUT2D eigenvalue weighted by atomic mass is 16.5. The van der Waals surface area contributed by atoms with Crippen LogP contribution in [-0.2, 0) is 19.0 Å². The Morgan fingerprint density at radius 3 is 2.53 bits per heavy atom. The third kappa shape index (κ3) is 9.99. The lowest BCUT2D eigenvalue weighted by atomic mass is 10.3. The van der Waals surface area contributed by atoms with Gasteiger partial charge in [-0.05, 0) is 6.42 Å². The van der Waals surface area contributed by atoms with Crippen molar-refractivity contribution in [2.24, 2.45) is 0 Å². The van der Waals surface area contributed by atoms with Crippen LogP contribution in [0.5, 0.6) is 0 Å². The SMILES string of the molecule is C=C(COCCOCCO)C(=O)OCCCC. The molecule has 0 radical (unpaired) electrons. The van der Waals surface area contributed by atoms with Crippen molar-refractivity contribution in [1.82, 2.24) is 0 Å². The van der Waals surface area contributed by atoms with Crippen LogP contribution >= 0.6 is 0 Å². The second-order valence-electron chi connectivity index (χ2n) is 3.48. The van der Waals surface area contributed by atoms with Crippen LogP contribution in [0.4, 0.5) is 0 Å². The fraction of sp³-hybridized carbons (Fsp3) is 0.750. The van der Waals surface area contributed by atoms with Crippen molar-refractivity contribution >= 4 is 5.97 Å². The van der Waals surface area contributed by atoms with Crippen molar-refractivity contribution < 1.29 is 24.1 Å². The minimum absolute atomic E-state index is 0.00351. The number of carbonyl (C=O) groups excluding carboxylic acids is 1. The average Bonchev–Trinajstić information content (AvgIpc) is 2.33. The fourth-order valence-electron chi connectivity index (χ4n) is 0.950. The van der Waals surface area contributed by atoms with Crippen LogP contribution < -0.4 is 0 Å². The molecule has 0 heterocycles. The highest BCUT2D eigenvalue weighted by Gasteiger charge is 2.07. The quantitative estimate of drug-likeness (QED) is 0.333. The topological polar surface area (TPSA) is 65.0 Å². The van der Waals surface area contributed by atoms with Crippen LogP contribution in [0.25, 0.3) is 0 Å². The van der Waals surface area contributed by atoms with Crippen LogP contribution in [0.15, 0.2) is 12.2 Å². The van der Waals surface area contributed by atoms with Gasteiger partial charge in [-0.1, -0.05) is 19.9 Å². The summed E-state index contributed by atoms with van der Waals surface area (Å²) in [5.41, 5.74) is 0.309.